The van der Waals surface area contributed by atoms with Gasteiger partial charge in [0.2, 0.25) is 5.89 Å². The molecule has 2 heterocycles. The molecule has 1 N–H and O–H groups in total. The van der Waals surface area contributed by atoms with Gasteiger partial charge in [0.25, 0.3) is 0 Å². The maximum Gasteiger partial charge on any atom is 0.307 e. The average Bonchev–Trinajstić information content (AvgIpc) is 3.31. The molecule has 0 radical (unpaired) electrons. The molecule has 0 spiro atoms. The van der Waals surface area contributed by atoms with Crippen LogP contribution >= 0.6 is 11.6 Å². The number of carbonyl (C=O) groups is 1. The normalized spacial score (nSPS) is 21.9. The highest BCUT2D eigenvalue weighted by Gasteiger charge is 2.37. The van der Waals surface area contributed by atoms with Crippen molar-refractivity contribution in [2.24, 2.45) is 5.92 Å². The van der Waals surface area contributed by atoms with Crippen LogP contribution in [0.1, 0.15) is 37.4 Å². The number of hydrogen-bond acceptors (Lipinski definition) is 6. The third kappa shape index (κ3) is 4.86. The number of aliphatic carboxylic acids is 1. The summed E-state index contributed by atoms with van der Waals surface area (Å²) < 4.78 is 44.5. The number of carboxylic acids is 1. The summed E-state index contributed by atoms with van der Waals surface area (Å²) in [4.78, 5) is 18.7. The van der Waals surface area contributed by atoms with E-state index in [0.717, 1.165) is 18.5 Å². The number of hydrogen-bond donors (Lipinski definition) is 1. The van der Waals surface area contributed by atoms with Gasteiger partial charge < -0.3 is 14.4 Å². The molecular weight excluding hydrogens is 507 g/mol. The lowest BCUT2D eigenvalue weighted by Crippen LogP contribution is -2.40. The number of rotatable bonds is 5. The Bertz CT molecular complexity index is 1380. The van der Waals surface area contributed by atoms with Crippen molar-refractivity contribution in [1.29, 1.82) is 0 Å². The fourth-order valence-corrected chi connectivity index (χ4v) is 6.49. The van der Waals surface area contributed by atoms with Gasteiger partial charge in [-0.3, -0.25) is 4.79 Å². The van der Waals surface area contributed by atoms with Gasteiger partial charge in [0.1, 0.15) is 11.5 Å². The topological polar surface area (TPSA) is 101 Å². The fourth-order valence-electron chi connectivity index (χ4n) is 5.12. The maximum atomic E-state index is 14.8. The molecule has 2 fully saturated rings. The molecule has 0 bridgehead atoms. The summed E-state index contributed by atoms with van der Waals surface area (Å²) in [6.45, 7) is 0.856. The number of sulfone groups is 1. The van der Waals surface area contributed by atoms with Crippen LogP contribution in [0.25, 0.3) is 22.7 Å². The predicted octanol–water partition coefficient (Wildman–Crippen LogP) is 5.39. The van der Waals surface area contributed by atoms with Crippen molar-refractivity contribution >= 4 is 33.1 Å². The van der Waals surface area contributed by atoms with Gasteiger partial charge in [-0.2, -0.15) is 0 Å². The second-order valence-corrected chi connectivity index (χ2v) is 12.1. The standard InChI is InChI=1S/C26H26ClFN2O5S/c27-21-7-3-6-20(22(21)28)25-29-23(24(35-25)18-4-1-2-5-19(18)26(31)32)16-8-10-17(11-9-16)30-12-14-36(33,34)15-13-30/h3,6-11,18-19H,1-2,4-5,12-15H2,(H,31,32). The third-order valence-corrected chi connectivity index (χ3v) is 9.01. The number of halogens is 2. The van der Waals surface area contributed by atoms with E-state index in [1.807, 2.05) is 29.2 Å². The van der Waals surface area contributed by atoms with E-state index < -0.39 is 27.5 Å². The molecule has 5 rings (SSSR count). The Morgan fingerprint density at radius 1 is 1.08 bits per heavy atom. The molecule has 1 aromatic heterocycles. The molecule has 0 amide bonds. The van der Waals surface area contributed by atoms with Crippen LogP contribution in [-0.2, 0) is 14.6 Å². The molecule has 2 aromatic carbocycles. The highest BCUT2D eigenvalue weighted by molar-refractivity contribution is 7.91. The zero-order valence-corrected chi connectivity index (χ0v) is 21.1. The Labute approximate surface area is 213 Å². The SMILES string of the molecule is O=C(O)C1CCCCC1c1oc(-c2cccc(Cl)c2F)nc1-c1ccc(N2CCS(=O)(=O)CC2)cc1. The van der Waals surface area contributed by atoms with Crippen molar-refractivity contribution in [3.05, 3.63) is 59.1 Å². The van der Waals surface area contributed by atoms with Crippen LogP contribution in [0, 0.1) is 11.7 Å². The minimum absolute atomic E-state index is 0.0530. The van der Waals surface area contributed by atoms with E-state index >= 15 is 0 Å². The second-order valence-electron chi connectivity index (χ2n) is 9.35. The van der Waals surface area contributed by atoms with Gasteiger partial charge >= 0.3 is 5.97 Å². The highest BCUT2D eigenvalue weighted by atomic mass is 35.5. The summed E-state index contributed by atoms with van der Waals surface area (Å²) in [6, 6.07) is 12.1. The smallest absolute Gasteiger partial charge is 0.307 e. The van der Waals surface area contributed by atoms with E-state index in [9.17, 15) is 22.7 Å². The molecule has 7 nitrogen and oxygen atoms in total. The zero-order chi connectivity index (χ0) is 25.4. The molecule has 2 atom stereocenters. The van der Waals surface area contributed by atoms with Crippen LogP contribution in [0.4, 0.5) is 10.1 Å². The predicted molar refractivity (Wildman–Crippen MR) is 136 cm³/mol. The van der Waals surface area contributed by atoms with Crippen LogP contribution in [0.3, 0.4) is 0 Å². The number of oxazole rings is 1. The number of anilines is 1. The molecule has 1 aliphatic heterocycles. The Balaban J connectivity index is 1.55. The molecule has 1 aliphatic carbocycles. The average molecular weight is 533 g/mol. The number of benzene rings is 2. The zero-order valence-electron chi connectivity index (χ0n) is 19.5. The van der Waals surface area contributed by atoms with Crippen molar-refractivity contribution in [3.8, 4) is 22.7 Å². The monoisotopic (exact) mass is 532 g/mol. The van der Waals surface area contributed by atoms with E-state index in [0.29, 0.717) is 42.9 Å². The molecule has 2 aliphatic rings. The fraction of sp³-hybridized carbons (Fsp3) is 0.385. The molecule has 1 saturated heterocycles. The summed E-state index contributed by atoms with van der Waals surface area (Å²) in [5.41, 5.74) is 2.20. The van der Waals surface area contributed by atoms with Crippen LogP contribution < -0.4 is 4.90 Å². The minimum Gasteiger partial charge on any atom is -0.481 e. The van der Waals surface area contributed by atoms with Gasteiger partial charge in [-0.15, -0.1) is 0 Å². The van der Waals surface area contributed by atoms with Gasteiger partial charge in [0.05, 0.1) is 28.0 Å². The van der Waals surface area contributed by atoms with Crippen LogP contribution in [0.15, 0.2) is 46.9 Å². The van der Waals surface area contributed by atoms with Crippen molar-refractivity contribution in [2.45, 2.75) is 31.6 Å². The third-order valence-electron chi connectivity index (χ3n) is 7.11. The van der Waals surface area contributed by atoms with Crippen molar-refractivity contribution in [3.63, 3.8) is 0 Å². The summed E-state index contributed by atoms with van der Waals surface area (Å²) in [7, 11) is -2.99. The van der Waals surface area contributed by atoms with Gasteiger partial charge in [-0.05, 0) is 37.1 Å². The Kier molecular flexibility index (Phi) is 6.78. The van der Waals surface area contributed by atoms with E-state index in [2.05, 4.69) is 4.98 Å². The lowest BCUT2D eigenvalue weighted by molar-refractivity contribution is -0.143. The molecule has 3 aromatic rings. The first-order chi connectivity index (χ1) is 17.2. The van der Waals surface area contributed by atoms with E-state index in [1.54, 1.807) is 6.07 Å². The van der Waals surface area contributed by atoms with Crippen molar-refractivity contribution in [2.75, 3.05) is 29.5 Å². The first-order valence-electron chi connectivity index (χ1n) is 12.0. The molecule has 2 unspecified atom stereocenters. The first kappa shape index (κ1) is 24.8. The van der Waals surface area contributed by atoms with Crippen LogP contribution in [0.5, 0.6) is 0 Å². The lowest BCUT2D eigenvalue weighted by Gasteiger charge is -2.29. The van der Waals surface area contributed by atoms with Gasteiger partial charge in [0, 0.05) is 30.3 Å². The molecule has 10 heteroatoms. The first-order valence-corrected chi connectivity index (χ1v) is 14.2. The Morgan fingerprint density at radius 2 is 1.78 bits per heavy atom. The molecule has 190 valence electrons. The second kappa shape index (κ2) is 9.86. The van der Waals surface area contributed by atoms with E-state index in [4.69, 9.17) is 16.0 Å². The summed E-state index contributed by atoms with van der Waals surface area (Å²) in [6.07, 6.45) is 2.87. The van der Waals surface area contributed by atoms with E-state index in [1.165, 1.54) is 12.1 Å². The van der Waals surface area contributed by atoms with Crippen LogP contribution in [0.2, 0.25) is 5.02 Å². The van der Waals surface area contributed by atoms with Crippen molar-refractivity contribution < 1.29 is 27.1 Å². The van der Waals surface area contributed by atoms with Crippen molar-refractivity contribution in [1.82, 2.24) is 4.98 Å². The quantitative estimate of drug-likeness (QED) is 0.470. The minimum atomic E-state index is -2.99. The van der Waals surface area contributed by atoms with Crippen LogP contribution in [-0.4, -0.2) is 49.1 Å². The van der Waals surface area contributed by atoms with Gasteiger partial charge in [-0.1, -0.05) is 42.6 Å². The maximum absolute atomic E-state index is 14.8. The van der Waals surface area contributed by atoms with Gasteiger partial charge in [-0.25, -0.2) is 17.8 Å². The number of nitrogens with zero attached hydrogens (tertiary/aromatic N) is 2. The molecule has 1 saturated carbocycles. The largest absolute Gasteiger partial charge is 0.481 e. The summed E-state index contributed by atoms with van der Waals surface area (Å²) in [5, 5.41) is 9.81. The molecular formula is C26H26ClFN2O5S. The Morgan fingerprint density at radius 3 is 2.47 bits per heavy atom. The number of aromatic nitrogens is 1. The molecule has 36 heavy (non-hydrogen) atoms. The lowest BCUT2D eigenvalue weighted by atomic mass is 9.77. The summed E-state index contributed by atoms with van der Waals surface area (Å²) >= 11 is 5.99. The Hall–Kier alpha value is -2.91. The van der Waals surface area contributed by atoms with E-state index in [-0.39, 0.29) is 33.9 Å². The van der Waals surface area contributed by atoms with Gasteiger partial charge in [0.15, 0.2) is 15.7 Å². The summed E-state index contributed by atoms with van der Waals surface area (Å²) in [5.74, 6) is -1.79. The number of carboxylic acid groups (broad SMARTS) is 1. The highest BCUT2D eigenvalue weighted by Crippen LogP contribution is 2.44.